The average Bonchev–Trinajstić information content (AvgIpc) is 3.27. The quantitative estimate of drug-likeness (QED) is 0.464. The molecular weight excluding hydrogens is 422 g/mol. The van der Waals surface area contributed by atoms with Gasteiger partial charge < -0.3 is 15.4 Å². The van der Waals surface area contributed by atoms with Crippen molar-refractivity contribution < 1.29 is 9.53 Å². The SMILES string of the molecule is COc1ccc(CNC(=O)Nc2ccc(CN3CCCC3c3cccc(Cl)c3)cc2)cc1. The Hall–Kier alpha value is -3.02. The number of halogens is 1. The van der Waals surface area contributed by atoms with Crippen molar-refractivity contribution >= 4 is 23.3 Å². The number of anilines is 1. The summed E-state index contributed by atoms with van der Waals surface area (Å²) in [5, 5.41) is 6.56. The van der Waals surface area contributed by atoms with Gasteiger partial charge in [0.2, 0.25) is 0 Å². The molecule has 6 heteroatoms. The second-order valence-electron chi connectivity index (χ2n) is 8.04. The Bertz CT molecular complexity index is 1040. The van der Waals surface area contributed by atoms with Gasteiger partial charge in [0.05, 0.1) is 7.11 Å². The van der Waals surface area contributed by atoms with Crippen LogP contribution < -0.4 is 15.4 Å². The molecule has 1 aliphatic heterocycles. The number of nitrogens with one attached hydrogen (secondary N) is 2. The molecule has 1 atom stereocenters. The Balaban J connectivity index is 1.29. The highest BCUT2D eigenvalue weighted by molar-refractivity contribution is 6.30. The summed E-state index contributed by atoms with van der Waals surface area (Å²) < 4.78 is 5.15. The van der Waals surface area contributed by atoms with Gasteiger partial charge in [-0.2, -0.15) is 0 Å². The molecule has 166 valence electrons. The van der Waals surface area contributed by atoms with Crippen LogP contribution in [0.15, 0.2) is 72.8 Å². The van der Waals surface area contributed by atoms with E-state index in [9.17, 15) is 4.79 Å². The molecule has 1 fully saturated rings. The molecule has 0 bridgehead atoms. The van der Waals surface area contributed by atoms with Crippen molar-refractivity contribution in [3.05, 3.63) is 94.5 Å². The molecular formula is C26H28ClN3O2. The zero-order valence-corrected chi connectivity index (χ0v) is 18.9. The molecule has 1 unspecified atom stereocenters. The smallest absolute Gasteiger partial charge is 0.319 e. The first-order valence-electron chi connectivity index (χ1n) is 10.9. The van der Waals surface area contributed by atoms with Crippen molar-refractivity contribution in [2.75, 3.05) is 19.0 Å². The highest BCUT2D eigenvalue weighted by atomic mass is 35.5. The third-order valence-electron chi connectivity index (χ3n) is 5.81. The summed E-state index contributed by atoms with van der Waals surface area (Å²) in [6.07, 6.45) is 2.33. The lowest BCUT2D eigenvalue weighted by molar-refractivity contribution is 0.248. The highest BCUT2D eigenvalue weighted by Gasteiger charge is 2.26. The van der Waals surface area contributed by atoms with E-state index in [0.29, 0.717) is 12.6 Å². The third-order valence-corrected chi connectivity index (χ3v) is 6.04. The summed E-state index contributed by atoms with van der Waals surface area (Å²) in [6, 6.07) is 24.0. The van der Waals surface area contributed by atoms with E-state index in [1.165, 1.54) is 17.5 Å². The number of ether oxygens (including phenoxy) is 1. The van der Waals surface area contributed by atoms with Crippen molar-refractivity contribution in [1.29, 1.82) is 0 Å². The maximum absolute atomic E-state index is 12.2. The highest BCUT2D eigenvalue weighted by Crippen LogP contribution is 2.34. The molecule has 0 saturated carbocycles. The van der Waals surface area contributed by atoms with E-state index < -0.39 is 0 Å². The van der Waals surface area contributed by atoms with Gasteiger partial charge >= 0.3 is 6.03 Å². The summed E-state index contributed by atoms with van der Waals surface area (Å²) in [6.45, 7) is 2.40. The Kier molecular flexibility index (Phi) is 7.30. The zero-order valence-electron chi connectivity index (χ0n) is 18.2. The maximum Gasteiger partial charge on any atom is 0.319 e. The summed E-state index contributed by atoms with van der Waals surface area (Å²) in [5.41, 5.74) is 4.29. The lowest BCUT2D eigenvalue weighted by atomic mass is 10.0. The van der Waals surface area contributed by atoms with Crippen LogP contribution in [0.2, 0.25) is 5.02 Å². The molecule has 1 heterocycles. The fourth-order valence-corrected chi connectivity index (χ4v) is 4.33. The summed E-state index contributed by atoms with van der Waals surface area (Å²) in [5.74, 6) is 0.797. The van der Waals surface area contributed by atoms with Crippen molar-refractivity contribution in [3.63, 3.8) is 0 Å². The number of amides is 2. The van der Waals surface area contributed by atoms with Gasteiger partial charge in [0.25, 0.3) is 0 Å². The van der Waals surface area contributed by atoms with Gasteiger partial charge in [0.1, 0.15) is 5.75 Å². The van der Waals surface area contributed by atoms with Crippen molar-refractivity contribution in [1.82, 2.24) is 10.2 Å². The molecule has 5 nitrogen and oxygen atoms in total. The van der Waals surface area contributed by atoms with Crippen molar-refractivity contribution in [2.45, 2.75) is 32.0 Å². The van der Waals surface area contributed by atoms with E-state index in [1.807, 2.05) is 48.5 Å². The van der Waals surface area contributed by atoms with Crippen LogP contribution in [0.5, 0.6) is 5.75 Å². The van der Waals surface area contributed by atoms with Gasteiger partial charge in [-0.1, -0.05) is 48.0 Å². The van der Waals surface area contributed by atoms with E-state index >= 15 is 0 Å². The number of hydrogen-bond donors (Lipinski definition) is 2. The lowest BCUT2D eigenvalue weighted by Crippen LogP contribution is -2.28. The van der Waals surface area contributed by atoms with Crippen molar-refractivity contribution in [2.24, 2.45) is 0 Å². The Labute approximate surface area is 194 Å². The first-order chi connectivity index (χ1) is 15.6. The van der Waals surface area contributed by atoms with Gasteiger partial charge in [-0.25, -0.2) is 4.79 Å². The predicted molar refractivity (Wildman–Crippen MR) is 129 cm³/mol. The number of likely N-dealkylation sites (tertiary alicyclic amines) is 1. The molecule has 0 aromatic heterocycles. The minimum absolute atomic E-state index is 0.228. The second-order valence-corrected chi connectivity index (χ2v) is 8.47. The Morgan fingerprint density at radius 2 is 1.81 bits per heavy atom. The minimum atomic E-state index is -0.228. The van der Waals surface area contributed by atoms with Crippen LogP contribution in [0, 0.1) is 0 Å². The summed E-state index contributed by atoms with van der Waals surface area (Å²) in [4.78, 5) is 14.7. The van der Waals surface area contributed by atoms with Crippen molar-refractivity contribution in [3.8, 4) is 5.75 Å². The van der Waals surface area contributed by atoms with Crippen LogP contribution in [0.4, 0.5) is 10.5 Å². The number of nitrogens with zero attached hydrogens (tertiary/aromatic N) is 1. The number of carbonyl (C=O) groups excluding carboxylic acids is 1. The standard InChI is InChI=1S/C26H28ClN3O2/c1-32-24-13-9-19(10-14-24)17-28-26(31)29-23-11-7-20(8-12-23)18-30-15-3-6-25(30)21-4-2-5-22(27)16-21/h2,4-5,7-14,16,25H,3,6,15,17-18H2,1H3,(H2,28,29,31). The average molecular weight is 450 g/mol. The molecule has 4 rings (SSSR count). The van der Waals surface area contributed by atoms with Gasteiger partial charge in [-0.15, -0.1) is 0 Å². The van der Waals surface area contributed by atoms with Gasteiger partial charge in [-0.05, 0) is 72.5 Å². The Morgan fingerprint density at radius 3 is 2.53 bits per heavy atom. The van der Waals surface area contributed by atoms with Gasteiger partial charge in [0.15, 0.2) is 0 Å². The fraction of sp³-hybridized carbons (Fsp3) is 0.269. The zero-order chi connectivity index (χ0) is 22.3. The van der Waals surface area contributed by atoms with E-state index in [1.54, 1.807) is 7.11 Å². The summed E-state index contributed by atoms with van der Waals surface area (Å²) >= 11 is 6.20. The number of rotatable bonds is 7. The van der Waals surface area contributed by atoms with Crippen LogP contribution >= 0.6 is 11.6 Å². The summed E-state index contributed by atoms with van der Waals surface area (Å²) in [7, 11) is 1.63. The van der Waals surface area contributed by atoms with Gasteiger partial charge in [0, 0.05) is 29.8 Å². The molecule has 0 aliphatic carbocycles. The first kappa shape index (κ1) is 22.2. The monoisotopic (exact) mass is 449 g/mol. The first-order valence-corrected chi connectivity index (χ1v) is 11.2. The van der Waals surface area contributed by atoms with E-state index in [4.69, 9.17) is 16.3 Å². The molecule has 3 aromatic carbocycles. The Morgan fingerprint density at radius 1 is 1.06 bits per heavy atom. The van der Waals surface area contributed by atoms with Gasteiger partial charge in [-0.3, -0.25) is 4.90 Å². The van der Waals surface area contributed by atoms with Crippen LogP contribution in [0.1, 0.15) is 35.6 Å². The lowest BCUT2D eigenvalue weighted by Gasteiger charge is -2.25. The van der Waals surface area contributed by atoms with E-state index in [0.717, 1.165) is 41.5 Å². The number of carbonyl (C=O) groups is 1. The molecule has 1 aliphatic rings. The maximum atomic E-state index is 12.2. The molecule has 32 heavy (non-hydrogen) atoms. The normalized spacial score (nSPS) is 16.0. The second kappa shape index (κ2) is 10.5. The predicted octanol–water partition coefficient (Wildman–Crippen LogP) is 6.01. The van der Waals surface area contributed by atoms with Crippen LogP contribution in [-0.4, -0.2) is 24.6 Å². The number of hydrogen-bond acceptors (Lipinski definition) is 3. The molecule has 1 saturated heterocycles. The van der Waals surface area contributed by atoms with Crippen LogP contribution in [0.3, 0.4) is 0 Å². The number of urea groups is 1. The minimum Gasteiger partial charge on any atom is -0.497 e. The third kappa shape index (κ3) is 5.81. The number of methoxy groups -OCH3 is 1. The molecule has 0 spiro atoms. The molecule has 0 radical (unpaired) electrons. The fourth-order valence-electron chi connectivity index (χ4n) is 4.14. The number of benzene rings is 3. The van der Waals surface area contributed by atoms with Crippen LogP contribution in [0.25, 0.3) is 0 Å². The van der Waals surface area contributed by atoms with E-state index in [-0.39, 0.29) is 6.03 Å². The molecule has 2 amide bonds. The van der Waals surface area contributed by atoms with Crippen LogP contribution in [-0.2, 0) is 13.1 Å². The largest absolute Gasteiger partial charge is 0.497 e. The topological polar surface area (TPSA) is 53.6 Å². The molecule has 3 aromatic rings. The molecule has 2 N–H and O–H groups in total. The van der Waals surface area contributed by atoms with E-state index in [2.05, 4.69) is 39.8 Å².